The Bertz CT molecular complexity index is 1630. The molecule has 37 heavy (non-hydrogen) atoms. The van der Waals surface area contributed by atoms with Crippen LogP contribution >= 0.6 is 0 Å². The Morgan fingerprint density at radius 1 is 0.946 bits per heavy atom. The van der Waals surface area contributed by atoms with E-state index in [2.05, 4.69) is 19.1 Å². The Balaban J connectivity index is 1.92. The molecule has 5 nitrogen and oxygen atoms in total. The fourth-order valence-corrected chi connectivity index (χ4v) is 6.86. The maximum Gasteiger partial charge on any atom is 0.308 e. The lowest BCUT2D eigenvalue weighted by molar-refractivity contribution is -0.134. The van der Waals surface area contributed by atoms with E-state index in [4.69, 9.17) is 4.74 Å². The number of carbonyl (C=O) groups excluding carboxylic acids is 1. The molecule has 0 spiro atoms. The minimum Gasteiger partial charge on any atom is -0.424 e. The molecule has 190 valence electrons. The van der Waals surface area contributed by atoms with Crippen LogP contribution in [0.1, 0.15) is 67.0 Å². The number of esters is 1. The van der Waals surface area contributed by atoms with Crippen molar-refractivity contribution in [3.63, 3.8) is 0 Å². The van der Waals surface area contributed by atoms with Gasteiger partial charge in [0.05, 0.1) is 10.4 Å². The third-order valence-electron chi connectivity index (χ3n) is 7.00. The average molecular weight is 514 g/mol. The molecule has 3 aromatic carbocycles. The summed E-state index contributed by atoms with van der Waals surface area (Å²) >= 11 is 0. The number of carbonyl (C=O) groups is 1. The molecule has 6 heteroatoms. The van der Waals surface area contributed by atoms with Crippen LogP contribution in [0.25, 0.3) is 16.7 Å². The molecule has 1 atom stereocenters. The highest BCUT2D eigenvalue weighted by atomic mass is 32.2. The molecule has 1 aromatic heterocycles. The van der Waals surface area contributed by atoms with E-state index in [1.807, 2.05) is 50.2 Å². The van der Waals surface area contributed by atoms with Crippen LogP contribution in [0.5, 0.6) is 0 Å². The summed E-state index contributed by atoms with van der Waals surface area (Å²) in [4.78, 5) is 12.6. The van der Waals surface area contributed by atoms with E-state index in [1.165, 1.54) is 10.9 Å². The van der Waals surface area contributed by atoms with Gasteiger partial charge in [0.25, 0.3) is 10.0 Å². The maximum atomic E-state index is 14.3. The number of aryl methyl sites for hydroxylation is 2. The van der Waals surface area contributed by atoms with Crippen LogP contribution in [0.3, 0.4) is 0 Å². The van der Waals surface area contributed by atoms with Gasteiger partial charge >= 0.3 is 5.97 Å². The second kappa shape index (κ2) is 9.67. The Kier molecular flexibility index (Phi) is 6.54. The fourth-order valence-electron chi connectivity index (χ4n) is 5.33. The second-order valence-electron chi connectivity index (χ2n) is 9.76. The predicted molar refractivity (Wildman–Crippen MR) is 147 cm³/mol. The first-order valence-electron chi connectivity index (χ1n) is 12.7. The summed E-state index contributed by atoms with van der Waals surface area (Å²) in [5.41, 5.74) is 5.91. The molecule has 5 rings (SSSR count). The molecule has 0 amide bonds. The highest BCUT2D eigenvalue weighted by Crippen LogP contribution is 2.52. The van der Waals surface area contributed by atoms with Crippen molar-refractivity contribution in [2.24, 2.45) is 0 Å². The third kappa shape index (κ3) is 4.29. The molecule has 0 saturated carbocycles. The molecule has 0 saturated heterocycles. The lowest BCUT2D eigenvalue weighted by Crippen LogP contribution is -2.16. The zero-order valence-electron chi connectivity index (χ0n) is 21.6. The molecule has 0 fully saturated rings. The van der Waals surface area contributed by atoms with Crippen molar-refractivity contribution < 1.29 is 17.9 Å². The van der Waals surface area contributed by atoms with E-state index >= 15 is 0 Å². The summed E-state index contributed by atoms with van der Waals surface area (Å²) in [7, 11) is -4.00. The Hall–Kier alpha value is -3.64. The van der Waals surface area contributed by atoms with Crippen molar-refractivity contribution in [3.8, 4) is 0 Å². The average Bonchev–Trinajstić information content (AvgIpc) is 3.35. The maximum absolute atomic E-state index is 14.3. The van der Waals surface area contributed by atoms with Crippen molar-refractivity contribution in [1.29, 1.82) is 0 Å². The number of benzene rings is 3. The molecule has 1 unspecified atom stereocenters. The van der Waals surface area contributed by atoms with Gasteiger partial charge < -0.3 is 4.74 Å². The molecule has 1 aliphatic carbocycles. The van der Waals surface area contributed by atoms with Crippen molar-refractivity contribution in [2.45, 2.75) is 57.8 Å². The molecular formula is C31H31NO4S. The number of unbranched alkanes of at least 4 members (excludes halogenated alkanes) is 1. The predicted octanol–water partition coefficient (Wildman–Crippen LogP) is 7.11. The van der Waals surface area contributed by atoms with Gasteiger partial charge in [-0.05, 0) is 62.1 Å². The number of ether oxygens (including phenoxy) is 1. The van der Waals surface area contributed by atoms with Gasteiger partial charge in [-0.2, -0.15) is 0 Å². The van der Waals surface area contributed by atoms with Gasteiger partial charge in [-0.3, -0.25) is 4.79 Å². The lowest BCUT2D eigenvalue weighted by Gasteiger charge is -2.18. The van der Waals surface area contributed by atoms with Gasteiger partial charge in [-0.1, -0.05) is 73.0 Å². The summed E-state index contributed by atoms with van der Waals surface area (Å²) in [6, 6.07) is 22.7. The third-order valence-corrected chi connectivity index (χ3v) is 8.73. The van der Waals surface area contributed by atoms with Gasteiger partial charge in [-0.15, -0.1) is 0 Å². The van der Waals surface area contributed by atoms with Gasteiger partial charge in [0.2, 0.25) is 0 Å². The molecule has 0 aliphatic heterocycles. The SMILES string of the molecule is CCCCC1=C(OC(C)=O)c2c(c3cc(C)ccc3n2S(=O)(=O)c2ccc(C)cc2)C1c1ccccc1. The van der Waals surface area contributed by atoms with Crippen LogP contribution in [0, 0.1) is 13.8 Å². The number of hydrogen-bond donors (Lipinski definition) is 0. The zero-order chi connectivity index (χ0) is 26.3. The van der Waals surface area contributed by atoms with Crippen LogP contribution < -0.4 is 0 Å². The lowest BCUT2D eigenvalue weighted by atomic mass is 9.85. The smallest absolute Gasteiger partial charge is 0.308 e. The first-order chi connectivity index (χ1) is 17.7. The van der Waals surface area contributed by atoms with Crippen LogP contribution in [0.4, 0.5) is 0 Å². The molecule has 1 heterocycles. The standard InChI is InChI=1S/C31H31NO4S/c1-5-6-12-25-28(23-10-8-7-9-11-23)29-26-19-21(3)15-18-27(26)32(30(29)31(25)36-22(4)33)37(34,35)24-16-13-20(2)14-17-24/h7-11,13-19,28H,5-6,12H2,1-4H3. The summed E-state index contributed by atoms with van der Waals surface area (Å²) in [5, 5.41) is 0.857. The number of hydrogen-bond acceptors (Lipinski definition) is 4. The Morgan fingerprint density at radius 3 is 2.27 bits per heavy atom. The van der Waals surface area contributed by atoms with Crippen molar-refractivity contribution in [1.82, 2.24) is 3.97 Å². The van der Waals surface area contributed by atoms with Gasteiger partial charge in [-0.25, -0.2) is 12.4 Å². The summed E-state index contributed by atoms with van der Waals surface area (Å²) in [6.45, 7) is 7.41. The highest BCUT2D eigenvalue weighted by molar-refractivity contribution is 7.90. The Morgan fingerprint density at radius 2 is 1.62 bits per heavy atom. The number of aromatic nitrogens is 1. The molecule has 1 aliphatic rings. The summed E-state index contributed by atoms with van der Waals surface area (Å²) < 4.78 is 35.8. The summed E-state index contributed by atoms with van der Waals surface area (Å²) in [5.74, 6) is -0.311. The van der Waals surface area contributed by atoms with Crippen LogP contribution in [-0.2, 0) is 19.6 Å². The first kappa shape index (κ1) is 25.0. The van der Waals surface area contributed by atoms with E-state index in [0.29, 0.717) is 23.4 Å². The number of fused-ring (bicyclic) bond motifs is 3. The second-order valence-corrected chi connectivity index (χ2v) is 11.5. The zero-order valence-corrected chi connectivity index (χ0v) is 22.4. The largest absolute Gasteiger partial charge is 0.424 e. The first-order valence-corrected chi connectivity index (χ1v) is 14.1. The molecular weight excluding hydrogens is 482 g/mol. The van der Waals surface area contributed by atoms with Gasteiger partial charge in [0.15, 0.2) is 5.76 Å². The van der Waals surface area contributed by atoms with Crippen LogP contribution in [0.15, 0.2) is 83.3 Å². The minimum absolute atomic E-state index is 0.193. The number of allylic oxidation sites excluding steroid dienone is 1. The topological polar surface area (TPSA) is 65.4 Å². The monoisotopic (exact) mass is 513 g/mol. The Labute approximate surface area is 218 Å². The van der Waals surface area contributed by atoms with Gasteiger partial charge in [0, 0.05) is 23.8 Å². The highest BCUT2D eigenvalue weighted by Gasteiger charge is 2.42. The van der Waals surface area contributed by atoms with Gasteiger partial charge in [0.1, 0.15) is 5.69 Å². The molecule has 0 bridgehead atoms. The minimum atomic E-state index is -4.00. The fraction of sp³-hybridized carbons (Fsp3) is 0.258. The number of nitrogens with zero attached hydrogens (tertiary/aromatic N) is 1. The van der Waals surface area contributed by atoms with Crippen molar-refractivity contribution in [2.75, 3.05) is 0 Å². The molecule has 4 aromatic rings. The van der Waals surface area contributed by atoms with E-state index in [0.717, 1.165) is 46.1 Å². The van der Waals surface area contributed by atoms with Crippen LogP contribution in [-0.4, -0.2) is 18.4 Å². The van der Waals surface area contributed by atoms with E-state index in [9.17, 15) is 13.2 Å². The quantitative estimate of drug-likeness (QED) is 0.247. The van der Waals surface area contributed by atoms with Crippen molar-refractivity contribution in [3.05, 3.63) is 106 Å². The van der Waals surface area contributed by atoms with Crippen molar-refractivity contribution >= 4 is 32.7 Å². The summed E-state index contributed by atoms with van der Waals surface area (Å²) in [6.07, 6.45) is 2.56. The number of rotatable bonds is 7. The van der Waals surface area contributed by atoms with E-state index < -0.39 is 16.0 Å². The normalized spacial score (nSPS) is 15.3. The molecule has 0 radical (unpaired) electrons. The van der Waals surface area contributed by atoms with E-state index in [-0.39, 0.29) is 10.8 Å². The van der Waals surface area contributed by atoms with Crippen LogP contribution in [0.2, 0.25) is 0 Å². The molecule has 0 N–H and O–H groups in total. The van der Waals surface area contributed by atoms with E-state index in [1.54, 1.807) is 24.3 Å².